The smallest absolute Gasteiger partial charge is 0.343 e. The summed E-state index contributed by atoms with van der Waals surface area (Å²) >= 11 is 0. The average molecular weight is 230 g/mol. The van der Waals surface area contributed by atoms with Crippen molar-refractivity contribution in [3.63, 3.8) is 0 Å². The minimum atomic E-state index is -0.941. The lowest BCUT2D eigenvalue weighted by molar-refractivity contribution is 0.0194. The van der Waals surface area contributed by atoms with Gasteiger partial charge in [-0.3, -0.25) is 0 Å². The van der Waals surface area contributed by atoms with Gasteiger partial charge in [-0.2, -0.15) is 0 Å². The van der Waals surface area contributed by atoms with Crippen LogP contribution in [0.4, 0.5) is 0 Å². The van der Waals surface area contributed by atoms with Gasteiger partial charge in [0.25, 0.3) is 0 Å². The molecule has 2 aromatic rings. The summed E-state index contributed by atoms with van der Waals surface area (Å²) in [6, 6.07) is 9.09. The number of rotatable bonds is 1. The highest BCUT2D eigenvalue weighted by atomic mass is 16.4. The lowest BCUT2D eigenvalue weighted by atomic mass is 9.97. The summed E-state index contributed by atoms with van der Waals surface area (Å²) < 4.78 is 5.27. The molecule has 0 aliphatic heterocycles. The molecule has 1 aliphatic rings. The summed E-state index contributed by atoms with van der Waals surface area (Å²) in [5.41, 5.74) is -1.30. The summed E-state index contributed by atoms with van der Waals surface area (Å²) in [7, 11) is 0. The molecular formula is C14H14O3. The molecule has 3 heteroatoms. The van der Waals surface area contributed by atoms with Crippen LogP contribution in [0.25, 0.3) is 10.8 Å². The Hall–Kier alpha value is -1.61. The summed E-state index contributed by atoms with van der Waals surface area (Å²) in [6.45, 7) is 0. The van der Waals surface area contributed by atoms with Crippen molar-refractivity contribution in [1.29, 1.82) is 0 Å². The van der Waals surface area contributed by atoms with Gasteiger partial charge in [0, 0.05) is 0 Å². The lowest BCUT2D eigenvalue weighted by Gasteiger charge is -2.20. The molecule has 1 aromatic heterocycles. The predicted molar refractivity (Wildman–Crippen MR) is 64.8 cm³/mol. The zero-order valence-electron chi connectivity index (χ0n) is 9.48. The molecule has 1 aromatic carbocycles. The highest BCUT2D eigenvalue weighted by Gasteiger charge is 2.35. The van der Waals surface area contributed by atoms with Gasteiger partial charge in [-0.25, -0.2) is 4.79 Å². The van der Waals surface area contributed by atoms with Crippen LogP contribution >= 0.6 is 0 Å². The number of hydrogen-bond donors (Lipinski definition) is 1. The summed E-state index contributed by atoms with van der Waals surface area (Å²) in [6.07, 6.45) is 3.31. The first kappa shape index (κ1) is 10.5. The Bertz CT molecular complexity index is 606. The number of hydrogen-bond acceptors (Lipinski definition) is 3. The molecule has 1 saturated carbocycles. The highest BCUT2D eigenvalue weighted by molar-refractivity contribution is 5.81. The fraction of sp³-hybridized carbons (Fsp3) is 0.357. The van der Waals surface area contributed by atoms with E-state index >= 15 is 0 Å². The molecule has 1 fully saturated rings. The minimum Gasteiger partial charge on any atom is -0.424 e. The van der Waals surface area contributed by atoms with Gasteiger partial charge in [-0.1, -0.05) is 18.2 Å². The van der Waals surface area contributed by atoms with E-state index in [1.165, 1.54) is 0 Å². The average Bonchev–Trinajstić information content (AvgIpc) is 2.78. The molecule has 3 nitrogen and oxygen atoms in total. The monoisotopic (exact) mass is 230 g/mol. The fourth-order valence-corrected chi connectivity index (χ4v) is 2.57. The Kier molecular flexibility index (Phi) is 2.30. The Balaban J connectivity index is 2.22. The second kappa shape index (κ2) is 3.70. The van der Waals surface area contributed by atoms with Crippen LogP contribution in [0.5, 0.6) is 0 Å². The van der Waals surface area contributed by atoms with Crippen LogP contribution in [-0.4, -0.2) is 5.11 Å². The normalized spacial score (nSPS) is 18.6. The Morgan fingerprint density at radius 2 is 1.88 bits per heavy atom. The molecule has 3 rings (SSSR count). The quantitative estimate of drug-likeness (QED) is 0.819. The van der Waals surface area contributed by atoms with E-state index in [9.17, 15) is 9.90 Å². The molecule has 0 spiro atoms. The fourth-order valence-electron chi connectivity index (χ4n) is 2.57. The third kappa shape index (κ3) is 1.67. The van der Waals surface area contributed by atoms with Crippen molar-refractivity contribution in [2.24, 2.45) is 0 Å². The SMILES string of the molecule is O=c1oc(C2(O)CCCC2)cc2ccccc12. The second-order valence-electron chi connectivity index (χ2n) is 4.72. The van der Waals surface area contributed by atoms with E-state index in [0.29, 0.717) is 24.0 Å². The van der Waals surface area contributed by atoms with Crippen LogP contribution in [0.3, 0.4) is 0 Å². The van der Waals surface area contributed by atoms with E-state index in [1.807, 2.05) is 18.2 Å². The molecule has 17 heavy (non-hydrogen) atoms. The molecule has 0 bridgehead atoms. The van der Waals surface area contributed by atoms with Crippen molar-refractivity contribution in [1.82, 2.24) is 0 Å². The van der Waals surface area contributed by atoms with Crippen molar-refractivity contribution in [3.8, 4) is 0 Å². The minimum absolute atomic E-state index is 0.363. The lowest BCUT2D eigenvalue weighted by Crippen LogP contribution is -2.22. The first-order valence-corrected chi connectivity index (χ1v) is 5.95. The van der Waals surface area contributed by atoms with E-state index in [4.69, 9.17) is 4.42 Å². The van der Waals surface area contributed by atoms with Gasteiger partial charge in [-0.15, -0.1) is 0 Å². The molecular weight excluding hydrogens is 216 g/mol. The van der Waals surface area contributed by atoms with Gasteiger partial charge in [-0.05, 0) is 43.2 Å². The van der Waals surface area contributed by atoms with E-state index in [-0.39, 0.29) is 5.63 Å². The van der Waals surface area contributed by atoms with Crippen LogP contribution in [0.2, 0.25) is 0 Å². The van der Waals surface area contributed by atoms with Crippen LogP contribution in [0.1, 0.15) is 31.4 Å². The largest absolute Gasteiger partial charge is 0.424 e. The molecule has 0 unspecified atom stereocenters. The number of fused-ring (bicyclic) bond motifs is 1. The van der Waals surface area contributed by atoms with Gasteiger partial charge in [0.2, 0.25) is 0 Å². The van der Waals surface area contributed by atoms with E-state index < -0.39 is 5.60 Å². The Morgan fingerprint density at radius 1 is 1.18 bits per heavy atom. The molecule has 0 atom stereocenters. The number of benzene rings is 1. The zero-order chi connectivity index (χ0) is 11.9. The van der Waals surface area contributed by atoms with Crippen molar-refractivity contribution in [3.05, 3.63) is 46.5 Å². The molecule has 1 aliphatic carbocycles. The summed E-state index contributed by atoms with van der Waals surface area (Å²) in [4.78, 5) is 11.8. The van der Waals surface area contributed by atoms with Gasteiger partial charge < -0.3 is 9.52 Å². The zero-order valence-corrected chi connectivity index (χ0v) is 9.48. The topological polar surface area (TPSA) is 50.4 Å². The molecule has 0 saturated heterocycles. The maximum Gasteiger partial charge on any atom is 0.343 e. The van der Waals surface area contributed by atoms with Crippen LogP contribution < -0.4 is 5.63 Å². The van der Waals surface area contributed by atoms with E-state index in [2.05, 4.69) is 0 Å². The van der Waals surface area contributed by atoms with Gasteiger partial charge >= 0.3 is 5.63 Å². The van der Waals surface area contributed by atoms with Crippen LogP contribution in [-0.2, 0) is 5.60 Å². The predicted octanol–water partition coefficient (Wildman–Crippen LogP) is 2.55. The second-order valence-corrected chi connectivity index (χ2v) is 4.72. The Morgan fingerprint density at radius 3 is 2.65 bits per heavy atom. The van der Waals surface area contributed by atoms with Crippen molar-refractivity contribution < 1.29 is 9.52 Å². The first-order chi connectivity index (χ1) is 8.19. The van der Waals surface area contributed by atoms with Crippen LogP contribution in [0.15, 0.2) is 39.5 Å². The maximum absolute atomic E-state index is 11.8. The summed E-state index contributed by atoms with van der Waals surface area (Å²) in [5.74, 6) is 0.415. The molecule has 0 radical (unpaired) electrons. The molecule has 88 valence electrons. The first-order valence-electron chi connectivity index (χ1n) is 5.95. The van der Waals surface area contributed by atoms with Gasteiger partial charge in [0.15, 0.2) is 0 Å². The van der Waals surface area contributed by atoms with Crippen molar-refractivity contribution >= 4 is 10.8 Å². The third-order valence-corrected chi connectivity index (χ3v) is 3.56. The molecule has 1 heterocycles. The van der Waals surface area contributed by atoms with Gasteiger partial charge in [0.1, 0.15) is 11.4 Å². The van der Waals surface area contributed by atoms with E-state index in [0.717, 1.165) is 18.2 Å². The summed E-state index contributed by atoms with van der Waals surface area (Å²) in [5, 5.41) is 11.8. The van der Waals surface area contributed by atoms with Crippen LogP contribution in [0, 0.1) is 0 Å². The highest BCUT2D eigenvalue weighted by Crippen LogP contribution is 2.38. The molecule has 0 amide bonds. The standard InChI is InChI=1S/C14H14O3/c15-13-11-6-2-1-5-10(11)9-12(17-13)14(16)7-3-4-8-14/h1-2,5-6,9,16H,3-4,7-8H2. The van der Waals surface area contributed by atoms with E-state index in [1.54, 1.807) is 12.1 Å². The van der Waals surface area contributed by atoms with Crippen molar-refractivity contribution in [2.75, 3.05) is 0 Å². The number of aliphatic hydroxyl groups is 1. The Labute approximate surface area is 98.7 Å². The van der Waals surface area contributed by atoms with Gasteiger partial charge in [0.05, 0.1) is 5.39 Å². The van der Waals surface area contributed by atoms with Crippen molar-refractivity contribution in [2.45, 2.75) is 31.3 Å². The molecule has 1 N–H and O–H groups in total. The maximum atomic E-state index is 11.8. The third-order valence-electron chi connectivity index (χ3n) is 3.56.